The number of hydrogen-bond acceptors (Lipinski definition) is 4. The normalized spacial score (nSPS) is 11.5. The highest BCUT2D eigenvalue weighted by atomic mass is 32.1. The molecule has 322 valence electrons. The molecule has 0 fully saturated rings. The Labute approximate surface area is 404 Å². The molecule has 0 spiro atoms. The zero-order chi connectivity index (χ0) is 45.7. The van der Waals surface area contributed by atoms with Crippen LogP contribution in [0.1, 0.15) is 0 Å². The zero-order valence-electron chi connectivity index (χ0n) is 37.4. The lowest BCUT2D eigenvalue weighted by Gasteiger charge is -2.16. The number of rotatable bonds is 8. The van der Waals surface area contributed by atoms with E-state index in [9.17, 15) is 0 Å². The van der Waals surface area contributed by atoms with Gasteiger partial charge in [-0.15, -0.1) is 11.3 Å². The summed E-state index contributed by atoms with van der Waals surface area (Å²) < 4.78 is 2.64. The third-order valence-electron chi connectivity index (χ3n) is 13.4. The van der Waals surface area contributed by atoms with Gasteiger partial charge in [0.05, 0.1) is 0 Å². The second-order valence-corrected chi connectivity index (χ2v) is 18.5. The lowest BCUT2D eigenvalue weighted by Crippen LogP contribution is -2.01. The first-order chi connectivity index (χ1) is 34.2. The highest BCUT2D eigenvalue weighted by Gasteiger charge is 2.18. The Kier molecular flexibility index (Phi) is 10.0. The van der Waals surface area contributed by atoms with Crippen molar-refractivity contribution in [3.05, 3.63) is 249 Å². The van der Waals surface area contributed by atoms with Crippen LogP contribution in [-0.2, 0) is 0 Å². The van der Waals surface area contributed by atoms with E-state index in [1.54, 1.807) is 0 Å². The molecule has 0 aliphatic carbocycles. The minimum Gasteiger partial charge on any atom is -0.208 e. The molecule has 0 saturated carbocycles. The molecule has 0 atom stereocenters. The molecule has 69 heavy (non-hydrogen) atoms. The van der Waals surface area contributed by atoms with Crippen molar-refractivity contribution in [3.63, 3.8) is 0 Å². The fraction of sp³-hybridized carbons (Fsp3) is 0. The Hall–Kier alpha value is -8.83. The number of benzene rings is 11. The van der Waals surface area contributed by atoms with Crippen molar-refractivity contribution >= 4 is 53.1 Å². The molecule has 2 heterocycles. The summed E-state index contributed by atoms with van der Waals surface area (Å²) in [6.07, 6.45) is 0. The van der Waals surface area contributed by atoms with Gasteiger partial charge in [-0.05, 0) is 89.3 Å². The standard InChI is InChI=1S/C65H41N3S/c1-3-15-42(16-4-1)43-27-31-46(32-28-43)63-66-64(68-65(67-63)60-25-12-7-19-49(60)44-17-5-2-6-18-44)47-33-29-45(30-34-47)50-37-39-56(54-22-10-8-20-52(50)54)57-40-38-51(53-21-9-11-23-55(53)57)48-35-36-59-58-24-13-14-26-61(58)69-62(59)41-48/h1-41H. The van der Waals surface area contributed by atoms with E-state index >= 15 is 0 Å². The molecule has 0 saturated heterocycles. The predicted octanol–water partition coefficient (Wildman–Crippen LogP) is 17.9. The second-order valence-electron chi connectivity index (χ2n) is 17.5. The fourth-order valence-electron chi connectivity index (χ4n) is 10.0. The van der Waals surface area contributed by atoms with E-state index in [0.29, 0.717) is 17.5 Å². The van der Waals surface area contributed by atoms with Crippen LogP contribution in [0.4, 0.5) is 0 Å². The Morgan fingerprint density at radius 1 is 0.203 bits per heavy atom. The molecule has 0 amide bonds. The largest absolute Gasteiger partial charge is 0.208 e. The van der Waals surface area contributed by atoms with Gasteiger partial charge < -0.3 is 0 Å². The van der Waals surface area contributed by atoms with Gasteiger partial charge in [0, 0.05) is 36.9 Å². The molecule has 2 aromatic heterocycles. The van der Waals surface area contributed by atoms with Crippen LogP contribution in [0.3, 0.4) is 0 Å². The van der Waals surface area contributed by atoms with E-state index in [1.807, 2.05) is 23.5 Å². The monoisotopic (exact) mass is 895 g/mol. The molecule has 0 radical (unpaired) electrons. The average molecular weight is 896 g/mol. The smallest absolute Gasteiger partial charge is 0.164 e. The molecule has 0 unspecified atom stereocenters. The van der Waals surface area contributed by atoms with Gasteiger partial charge in [-0.3, -0.25) is 0 Å². The van der Waals surface area contributed by atoms with Gasteiger partial charge in [0.1, 0.15) is 0 Å². The first kappa shape index (κ1) is 40.4. The molecular formula is C65H41N3S. The molecular weight excluding hydrogens is 855 g/mol. The van der Waals surface area contributed by atoms with Gasteiger partial charge in [-0.2, -0.15) is 0 Å². The van der Waals surface area contributed by atoms with Crippen LogP contribution >= 0.6 is 11.3 Å². The van der Waals surface area contributed by atoms with Gasteiger partial charge >= 0.3 is 0 Å². The van der Waals surface area contributed by atoms with Crippen LogP contribution in [0.5, 0.6) is 0 Å². The Balaban J connectivity index is 0.879. The van der Waals surface area contributed by atoms with Gasteiger partial charge in [0.2, 0.25) is 0 Å². The van der Waals surface area contributed by atoms with Crippen molar-refractivity contribution in [1.29, 1.82) is 0 Å². The molecule has 13 rings (SSSR count). The Bertz CT molecular complexity index is 4050. The average Bonchev–Trinajstić information content (AvgIpc) is 3.81. The lowest BCUT2D eigenvalue weighted by atomic mass is 9.88. The van der Waals surface area contributed by atoms with Gasteiger partial charge in [-0.1, -0.05) is 237 Å². The Morgan fingerprint density at radius 3 is 1.19 bits per heavy atom. The summed E-state index contributed by atoms with van der Waals surface area (Å²) in [5.41, 5.74) is 14.5. The number of nitrogens with zero attached hydrogens (tertiary/aromatic N) is 3. The van der Waals surface area contributed by atoms with E-state index in [1.165, 1.54) is 75.1 Å². The molecule has 0 aliphatic heterocycles. The quantitative estimate of drug-likeness (QED) is 0.153. The third kappa shape index (κ3) is 7.35. The van der Waals surface area contributed by atoms with E-state index in [0.717, 1.165) is 38.9 Å². The van der Waals surface area contributed by atoms with Crippen molar-refractivity contribution < 1.29 is 0 Å². The lowest BCUT2D eigenvalue weighted by molar-refractivity contribution is 1.07. The maximum Gasteiger partial charge on any atom is 0.164 e. The van der Waals surface area contributed by atoms with Gasteiger partial charge in [0.15, 0.2) is 17.5 Å². The van der Waals surface area contributed by atoms with Crippen molar-refractivity contribution in [3.8, 4) is 89.8 Å². The predicted molar refractivity (Wildman–Crippen MR) is 291 cm³/mol. The molecule has 0 N–H and O–H groups in total. The van der Waals surface area contributed by atoms with Crippen LogP contribution in [0, 0.1) is 0 Å². The van der Waals surface area contributed by atoms with E-state index in [4.69, 9.17) is 15.0 Å². The van der Waals surface area contributed by atoms with Gasteiger partial charge in [0.25, 0.3) is 0 Å². The minimum absolute atomic E-state index is 0.621. The molecule has 3 nitrogen and oxygen atoms in total. The van der Waals surface area contributed by atoms with Crippen LogP contribution < -0.4 is 0 Å². The molecule has 0 bridgehead atoms. The maximum atomic E-state index is 5.20. The van der Waals surface area contributed by atoms with Crippen LogP contribution in [0.2, 0.25) is 0 Å². The second kappa shape index (κ2) is 17.1. The number of hydrogen-bond donors (Lipinski definition) is 0. The van der Waals surface area contributed by atoms with E-state index < -0.39 is 0 Å². The summed E-state index contributed by atoms with van der Waals surface area (Å²) in [7, 11) is 0. The number of aromatic nitrogens is 3. The SMILES string of the molecule is c1ccc(-c2ccc(-c3nc(-c4ccc(-c5ccc(-c6ccc(-c7ccc8c(c7)sc7ccccc78)c7ccccc67)c6ccccc56)cc4)nc(-c4ccccc4-c4ccccc4)n3)cc2)cc1. The van der Waals surface area contributed by atoms with E-state index in [-0.39, 0.29) is 0 Å². The summed E-state index contributed by atoms with van der Waals surface area (Å²) in [5, 5.41) is 7.54. The van der Waals surface area contributed by atoms with Crippen LogP contribution in [0.25, 0.3) is 132 Å². The minimum atomic E-state index is 0.621. The highest BCUT2D eigenvalue weighted by Crippen LogP contribution is 2.43. The zero-order valence-corrected chi connectivity index (χ0v) is 38.2. The van der Waals surface area contributed by atoms with E-state index in [2.05, 4.69) is 237 Å². The summed E-state index contributed by atoms with van der Waals surface area (Å²) in [6, 6.07) is 88.9. The van der Waals surface area contributed by atoms with Crippen molar-refractivity contribution in [2.75, 3.05) is 0 Å². The van der Waals surface area contributed by atoms with Crippen molar-refractivity contribution in [2.45, 2.75) is 0 Å². The summed E-state index contributed by atoms with van der Waals surface area (Å²) in [6.45, 7) is 0. The molecule has 0 aliphatic rings. The Morgan fingerprint density at radius 2 is 0.580 bits per heavy atom. The van der Waals surface area contributed by atoms with Crippen molar-refractivity contribution in [2.24, 2.45) is 0 Å². The van der Waals surface area contributed by atoms with Crippen molar-refractivity contribution in [1.82, 2.24) is 15.0 Å². The van der Waals surface area contributed by atoms with Crippen LogP contribution in [-0.4, -0.2) is 15.0 Å². The maximum absolute atomic E-state index is 5.20. The van der Waals surface area contributed by atoms with Crippen LogP contribution in [0.15, 0.2) is 249 Å². The van der Waals surface area contributed by atoms with Gasteiger partial charge in [-0.25, -0.2) is 15.0 Å². The highest BCUT2D eigenvalue weighted by molar-refractivity contribution is 7.25. The topological polar surface area (TPSA) is 38.7 Å². The first-order valence-electron chi connectivity index (χ1n) is 23.3. The number of fused-ring (bicyclic) bond motifs is 5. The summed E-state index contributed by atoms with van der Waals surface area (Å²) >= 11 is 1.87. The molecule has 4 heteroatoms. The fourth-order valence-corrected chi connectivity index (χ4v) is 11.2. The first-order valence-corrected chi connectivity index (χ1v) is 24.1. The molecule has 11 aromatic carbocycles. The summed E-state index contributed by atoms with van der Waals surface area (Å²) in [5.74, 6) is 1.88. The summed E-state index contributed by atoms with van der Waals surface area (Å²) in [4.78, 5) is 15.5. The number of thiophene rings is 1. The molecule has 13 aromatic rings. The third-order valence-corrected chi connectivity index (χ3v) is 14.6.